The Labute approximate surface area is 119 Å². The van der Waals surface area contributed by atoms with E-state index < -0.39 is 0 Å². The van der Waals surface area contributed by atoms with Crippen LogP contribution in [0.3, 0.4) is 0 Å². The van der Waals surface area contributed by atoms with Crippen molar-refractivity contribution in [2.24, 2.45) is 0 Å². The van der Waals surface area contributed by atoms with E-state index in [1.807, 2.05) is 25.1 Å². The third-order valence-electron chi connectivity index (χ3n) is 2.71. The quantitative estimate of drug-likeness (QED) is 0.790. The Balaban J connectivity index is 2.04. The highest BCUT2D eigenvalue weighted by molar-refractivity contribution is 9.10. The summed E-state index contributed by atoms with van der Waals surface area (Å²) >= 11 is 3.07. The van der Waals surface area contributed by atoms with Crippen molar-refractivity contribution < 1.29 is 13.9 Å². The van der Waals surface area contributed by atoms with Gasteiger partial charge in [0.15, 0.2) is 12.4 Å². The van der Waals surface area contributed by atoms with Crippen molar-refractivity contribution in [1.29, 1.82) is 0 Å². The average Bonchev–Trinajstić information content (AvgIpc) is 2.40. The third kappa shape index (κ3) is 3.41. The Bertz CT molecular complexity index is 611. The number of halogens is 2. The van der Waals surface area contributed by atoms with Crippen molar-refractivity contribution in [3.8, 4) is 5.75 Å². The molecule has 19 heavy (non-hydrogen) atoms. The maximum Gasteiger partial charge on any atom is 0.200 e. The first-order valence-corrected chi connectivity index (χ1v) is 6.54. The number of ketones is 1. The summed E-state index contributed by atoms with van der Waals surface area (Å²) in [5.41, 5.74) is 1.56. The van der Waals surface area contributed by atoms with Crippen LogP contribution in [0, 0.1) is 12.7 Å². The van der Waals surface area contributed by atoms with E-state index in [-0.39, 0.29) is 18.2 Å². The molecule has 0 radical (unpaired) electrons. The molecule has 0 spiro atoms. The zero-order chi connectivity index (χ0) is 13.8. The third-order valence-corrected chi connectivity index (χ3v) is 3.31. The minimum Gasteiger partial charge on any atom is -0.485 e. The van der Waals surface area contributed by atoms with Gasteiger partial charge in [-0.05, 0) is 46.6 Å². The van der Waals surface area contributed by atoms with E-state index in [0.29, 0.717) is 15.8 Å². The highest BCUT2D eigenvalue weighted by Crippen LogP contribution is 2.21. The molecule has 0 saturated heterocycles. The Morgan fingerprint density at radius 3 is 2.68 bits per heavy atom. The van der Waals surface area contributed by atoms with Crippen LogP contribution < -0.4 is 4.74 Å². The van der Waals surface area contributed by atoms with Crippen LogP contribution in [-0.2, 0) is 0 Å². The number of ether oxygens (including phenoxy) is 1. The number of hydrogen-bond acceptors (Lipinski definition) is 2. The lowest BCUT2D eigenvalue weighted by Gasteiger charge is -2.08. The Hall–Kier alpha value is -1.68. The summed E-state index contributed by atoms with van der Waals surface area (Å²) in [6.45, 7) is 1.81. The summed E-state index contributed by atoms with van der Waals surface area (Å²) < 4.78 is 18.7. The first-order valence-electron chi connectivity index (χ1n) is 5.74. The fourth-order valence-corrected chi connectivity index (χ4v) is 2.04. The second kappa shape index (κ2) is 5.97. The van der Waals surface area contributed by atoms with Crippen molar-refractivity contribution >= 4 is 21.7 Å². The first-order chi connectivity index (χ1) is 9.08. The van der Waals surface area contributed by atoms with Crippen molar-refractivity contribution in [3.05, 3.63) is 63.9 Å². The van der Waals surface area contributed by atoms with E-state index in [2.05, 4.69) is 15.9 Å². The maximum absolute atomic E-state index is 13.0. The molecule has 0 N–H and O–H groups in total. The molecule has 0 aliphatic rings. The smallest absolute Gasteiger partial charge is 0.200 e. The van der Waals surface area contributed by atoms with E-state index in [9.17, 15) is 9.18 Å². The molecule has 0 fully saturated rings. The summed E-state index contributed by atoms with van der Waals surface area (Å²) in [6, 6.07) is 11.6. The predicted octanol–water partition coefficient (Wildman–Crippen LogP) is 4.16. The largest absolute Gasteiger partial charge is 0.485 e. The van der Waals surface area contributed by atoms with E-state index >= 15 is 0 Å². The second-order valence-corrected chi connectivity index (χ2v) is 4.96. The predicted molar refractivity (Wildman–Crippen MR) is 75.1 cm³/mol. The van der Waals surface area contributed by atoms with Crippen LogP contribution in [0.1, 0.15) is 15.9 Å². The lowest BCUT2D eigenvalue weighted by atomic mass is 10.1. The second-order valence-electron chi connectivity index (χ2n) is 4.10. The van der Waals surface area contributed by atoms with Crippen LogP contribution in [0.25, 0.3) is 0 Å². The molecule has 0 aromatic heterocycles. The lowest BCUT2D eigenvalue weighted by Crippen LogP contribution is -2.12. The molecule has 0 aliphatic carbocycles. The zero-order valence-corrected chi connectivity index (χ0v) is 11.9. The van der Waals surface area contributed by atoms with Crippen molar-refractivity contribution in [2.75, 3.05) is 6.61 Å². The van der Waals surface area contributed by atoms with Gasteiger partial charge in [0.2, 0.25) is 0 Å². The molecule has 0 saturated carbocycles. The Kier molecular flexibility index (Phi) is 4.32. The van der Waals surface area contributed by atoms with Crippen LogP contribution >= 0.6 is 15.9 Å². The molecule has 2 nitrogen and oxygen atoms in total. The van der Waals surface area contributed by atoms with Gasteiger partial charge in [-0.2, -0.15) is 0 Å². The average molecular weight is 323 g/mol. The molecule has 0 unspecified atom stereocenters. The molecular weight excluding hydrogens is 311 g/mol. The summed E-state index contributed by atoms with van der Waals surface area (Å²) in [5.74, 6) is -0.00802. The normalized spacial score (nSPS) is 10.3. The SMILES string of the molecule is Cc1ccccc1C(=O)COc1ccc(F)c(Br)c1. The number of Topliss-reactive ketones (excluding diaryl/α,β-unsaturated/α-hetero) is 1. The van der Waals surface area contributed by atoms with Crippen molar-refractivity contribution in [2.45, 2.75) is 6.92 Å². The number of benzene rings is 2. The van der Waals surface area contributed by atoms with Crippen LogP contribution in [0.5, 0.6) is 5.75 Å². The van der Waals surface area contributed by atoms with Gasteiger partial charge in [-0.15, -0.1) is 0 Å². The topological polar surface area (TPSA) is 26.3 Å². The van der Waals surface area contributed by atoms with E-state index in [0.717, 1.165) is 5.56 Å². The summed E-state index contributed by atoms with van der Waals surface area (Å²) in [4.78, 5) is 12.0. The zero-order valence-electron chi connectivity index (χ0n) is 10.3. The monoisotopic (exact) mass is 322 g/mol. The number of carbonyl (C=O) groups excluding carboxylic acids is 1. The fourth-order valence-electron chi connectivity index (χ4n) is 1.68. The molecular formula is C15H12BrFO2. The molecule has 2 aromatic carbocycles. The maximum atomic E-state index is 13.0. The van der Waals surface area contributed by atoms with Gasteiger partial charge in [-0.1, -0.05) is 24.3 Å². The highest BCUT2D eigenvalue weighted by Gasteiger charge is 2.09. The molecule has 0 aliphatic heterocycles. The Morgan fingerprint density at radius 1 is 1.26 bits per heavy atom. The van der Waals surface area contributed by atoms with Crippen LogP contribution in [-0.4, -0.2) is 12.4 Å². The molecule has 0 bridgehead atoms. The van der Waals surface area contributed by atoms with E-state index in [4.69, 9.17) is 4.74 Å². The molecule has 98 valence electrons. The molecule has 2 aromatic rings. The van der Waals surface area contributed by atoms with Crippen LogP contribution in [0.15, 0.2) is 46.9 Å². The van der Waals surface area contributed by atoms with E-state index in [1.54, 1.807) is 6.07 Å². The number of aryl methyl sites for hydroxylation is 1. The van der Waals surface area contributed by atoms with Gasteiger partial charge in [0.25, 0.3) is 0 Å². The first kappa shape index (κ1) is 13.7. The van der Waals surface area contributed by atoms with Crippen LogP contribution in [0.4, 0.5) is 4.39 Å². The molecule has 0 atom stereocenters. The van der Waals surface area contributed by atoms with Crippen molar-refractivity contribution in [3.63, 3.8) is 0 Å². The van der Waals surface area contributed by atoms with Gasteiger partial charge in [-0.3, -0.25) is 4.79 Å². The van der Waals surface area contributed by atoms with Crippen LogP contribution in [0.2, 0.25) is 0 Å². The summed E-state index contributed by atoms with van der Waals surface area (Å²) in [5, 5.41) is 0. The highest BCUT2D eigenvalue weighted by atomic mass is 79.9. The number of carbonyl (C=O) groups is 1. The fraction of sp³-hybridized carbons (Fsp3) is 0.133. The van der Waals surface area contributed by atoms with E-state index in [1.165, 1.54) is 18.2 Å². The van der Waals surface area contributed by atoms with Gasteiger partial charge < -0.3 is 4.74 Å². The minimum atomic E-state index is -0.363. The summed E-state index contributed by atoms with van der Waals surface area (Å²) in [6.07, 6.45) is 0. The summed E-state index contributed by atoms with van der Waals surface area (Å²) in [7, 11) is 0. The van der Waals surface area contributed by atoms with Gasteiger partial charge in [0, 0.05) is 5.56 Å². The van der Waals surface area contributed by atoms with Gasteiger partial charge >= 0.3 is 0 Å². The molecule has 4 heteroatoms. The van der Waals surface area contributed by atoms with Gasteiger partial charge in [0.1, 0.15) is 11.6 Å². The van der Waals surface area contributed by atoms with Gasteiger partial charge in [-0.25, -0.2) is 4.39 Å². The number of rotatable bonds is 4. The Morgan fingerprint density at radius 2 is 2.00 bits per heavy atom. The minimum absolute atomic E-state index is 0.0665. The molecule has 2 rings (SSSR count). The molecule has 0 heterocycles. The molecule has 0 amide bonds. The lowest BCUT2D eigenvalue weighted by molar-refractivity contribution is 0.0921. The number of hydrogen-bond donors (Lipinski definition) is 0. The van der Waals surface area contributed by atoms with Gasteiger partial charge in [0.05, 0.1) is 4.47 Å². The standard InChI is InChI=1S/C15H12BrFO2/c1-10-4-2-3-5-12(10)15(18)9-19-11-6-7-14(17)13(16)8-11/h2-8H,9H2,1H3. The van der Waals surface area contributed by atoms with Crippen molar-refractivity contribution in [1.82, 2.24) is 0 Å².